The minimum atomic E-state index is -0.576. The van der Waals surface area contributed by atoms with Crippen LogP contribution in [0.3, 0.4) is 0 Å². The molecule has 8 rings (SSSR count). The lowest BCUT2D eigenvalue weighted by atomic mass is 9.76. The number of hydrogen-bond donors (Lipinski definition) is 3. The van der Waals surface area contributed by atoms with Crippen LogP contribution in [-0.4, -0.2) is 61.4 Å². The predicted molar refractivity (Wildman–Crippen MR) is 204 cm³/mol. The maximum absolute atomic E-state index is 12.9. The molecule has 276 valence electrons. The first-order valence-electron chi connectivity index (χ1n) is 18.7. The second-order valence-corrected chi connectivity index (χ2v) is 16.5. The van der Waals surface area contributed by atoms with Gasteiger partial charge in [-0.3, -0.25) is 4.90 Å². The Hall–Kier alpha value is -5.32. The molecule has 1 aliphatic carbocycles. The molecular formula is C42H48N6O5. The van der Waals surface area contributed by atoms with Gasteiger partial charge in [-0.2, -0.15) is 0 Å². The van der Waals surface area contributed by atoms with Gasteiger partial charge in [-0.05, 0) is 120 Å². The highest BCUT2D eigenvalue weighted by atomic mass is 16.6. The Balaban J connectivity index is 1.00. The summed E-state index contributed by atoms with van der Waals surface area (Å²) in [5, 5.41) is 3.12. The second kappa shape index (κ2) is 13.0. The van der Waals surface area contributed by atoms with Gasteiger partial charge in [-0.25, -0.2) is 19.6 Å². The van der Waals surface area contributed by atoms with Crippen LogP contribution < -0.4 is 10.1 Å². The van der Waals surface area contributed by atoms with Crippen LogP contribution in [0.4, 0.5) is 9.59 Å². The normalized spacial score (nSPS) is 18.0. The monoisotopic (exact) mass is 716 g/mol. The molecule has 0 radical (unpaired) electrons. The standard InChI is InChI=1S/C42H48N6O5/c1-40(2,3)52-38(49)47-42(19-8-20-42)37-45-31-18-22-51-34-24-28(14-16-29(34)35(31)46-37)26-12-10-25(11-13-26)27-15-17-30-32(23-27)44-36(43-30)33-9-7-21-48(33)39(50)53-41(4,5)6/h10-17,23-24,33H,7-9,18-22H2,1-6H3,(H,43,44)(H,45,46)(H,47,49)/t33-/m0/s1. The smallest absolute Gasteiger partial charge is 0.410 e. The highest BCUT2D eigenvalue weighted by molar-refractivity contribution is 5.83. The lowest BCUT2D eigenvalue weighted by Gasteiger charge is -2.41. The zero-order valence-corrected chi connectivity index (χ0v) is 31.4. The predicted octanol–water partition coefficient (Wildman–Crippen LogP) is 9.20. The highest BCUT2D eigenvalue weighted by Gasteiger charge is 2.44. The molecule has 2 aliphatic heterocycles. The molecule has 1 saturated heterocycles. The van der Waals surface area contributed by atoms with Gasteiger partial charge in [-0.1, -0.05) is 36.4 Å². The van der Waals surface area contributed by atoms with Crippen LogP contribution >= 0.6 is 0 Å². The third kappa shape index (κ3) is 6.96. The zero-order chi connectivity index (χ0) is 37.1. The fourth-order valence-electron chi connectivity index (χ4n) is 7.59. The number of amides is 2. The van der Waals surface area contributed by atoms with E-state index in [9.17, 15) is 9.59 Å². The van der Waals surface area contributed by atoms with Crippen molar-refractivity contribution in [1.82, 2.24) is 30.2 Å². The number of likely N-dealkylation sites (tertiary alicyclic amines) is 1. The van der Waals surface area contributed by atoms with Crippen molar-refractivity contribution in [3.8, 4) is 39.3 Å². The summed E-state index contributed by atoms with van der Waals surface area (Å²) in [5.41, 5.74) is 7.28. The molecular weight excluding hydrogens is 668 g/mol. The van der Waals surface area contributed by atoms with Crippen LogP contribution in [0.5, 0.6) is 5.75 Å². The van der Waals surface area contributed by atoms with E-state index in [4.69, 9.17) is 24.2 Å². The molecule has 5 aromatic rings. The van der Waals surface area contributed by atoms with Gasteiger partial charge in [0.05, 0.1) is 35.1 Å². The number of aromatic nitrogens is 4. The van der Waals surface area contributed by atoms with Crippen molar-refractivity contribution < 1.29 is 23.8 Å². The number of aromatic amines is 2. The minimum absolute atomic E-state index is 0.132. The van der Waals surface area contributed by atoms with Gasteiger partial charge < -0.3 is 29.5 Å². The number of imidazole rings is 2. The Bertz CT molecular complexity index is 2180. The molecule has 0 spiro atoms. The number of alkyl carbamates (subject to hydrolysis) is 1. The first kappa shape index (κ1) is 34.7. The van der Waals surface area contributed by atoms with Crippen LogP contribution in [0.1, 0.15) is 97.0 Å². The SMILES string of the molecule is CC(C)(C)OC(=O)NC1(c2nc3c([nH]2)-c2ccc(-c4ccc(-c5ccc6nc([C@@H]7CCCN7C(=O)OC(C)(C)C)[nH]c6c5)cc4)cc2OCC3)CCC1. The average molecular weight is 717 g/mol. The Kier molecular flexibility index (Phi) is 8.50. The number of fused-ring (bicyclic) bond motifs is 4. The molecule has 3 N–H and O–H groups in total. The molecule has 1 saturated carbocycles. The fraction of sp³-hybridized carbons (Fsp3) is 0.429. The van der Waals surface area contributed by atoms with Crippen LogP contribution in [0.25, 0.3) is 44.5 Å². The van der Waals surface area contributed by atoms with Gasteiger partial charge >= 0.3 is 12.2 Å². The van der Waals surface area contributed by atoms with E-state index in [2.05, 4.69) is 69.9 Å². The summed E-state index contributed by atoms with van der Waals surface area (Å²) >= 11 is 0. The van der Waals surface area contributed by atoms with E-state index in [1.54, 1.807) is 4.90 Å². The Morgan fingerprint density at radius 1 is 0.849 bits per heavy atom. The lowest BCUT2D eigenvalue weighted by molar-refractivity contribution is 0.0218. The molecule has 3 aromatic carbocycles. The van der Waals surface area contributed by atoms with Gasteiger partial charge in [0.25, 0.3) is 0 Å². The summed E-state index contributed by atoms with van der Waals surface area (Å²) in [5.74, 6) is 2.37. The van der Waals surface area contributed by atoms with E-state index in [-0.39, 0.29) is 12.1 Å². The molecule has 11 heteroatoms. The number of nitrogens with one attached hydrogen (secondary N) is 3. The van der Waals surface area contributed by atoms with Crippen LogP contribution in [-0.2, 0) is 21.4 Å². The lowest BCUT2D eigenvalue weighted by Crippen LogP contribution is -2.52. The molecule has 0 unspecified atom stereocenters. The van der Waals surface area contributed by atoms with Crippen LogP contribution in [0.15, 0.2) is 60.7 Å². The summed E-state index contributed by atoms with van der Waals surface area (Å²) in [6.07, 6.45) is 4.33. The Labute approximate surface area is 309 Å². The van der Waals surface area contributed by atoms with Gasteiger partial charge in [0, 0.05) is 18.5 Å². The second-order valence-electron chi connectivity index (χ2n) is 16.5. The number of benzene rings is 3. The van der Waals surface area contributed by atoms with E-state index in [1.165, 1.54) is 0 Å². The summed E-state index contributed by atoms with van der Waals surface area (Å²) in [6, 6.07) is 21.0. The molecule has 1 atom stereocenters. The number of ether oxygens (including phenoxy) is 3. The topological polar surface area (TPSA) is 134 Å². The van der Waals surface area contributed by atoms with Crippen molar-refractivity contribution >= 4 is 23.2 Å². The van der Waals surface area contributed by atoms with E-state index in [1.807, 2.05) is 47.6 Å². The maximum Gasteiger partial charge on any atom is 0.410 e. The van der Waals surface area contributed by atoms with Crippen molar-refractivity contribution in [1.29, 1.82) is 0 Å². The van der Waals surface area contributed by atoms with E-state index < -0.39 is 22.8 Å². The number of carbonyl (C=O) groups excluding carboxylic acids is 2. The summed E-state index contributed by atoms with van der Waals surface area (Å²) in [6.45, 7) is 12.4. The Morgan fingerprint density at radius 3 is 2.21 bits per heavy atom. The molecule has 2 aromatic heterocycles. The molecule has 11 nitrogen and oxygen atoms in total. The van der Waals surface area contributed by atoms with Gasteiger partial charge in [-0.15, -0.1) is 0 Å². The maximum atomic E-state index is 12.9. The number of carbonyl (C=O) groups is 2. The fourth-order valence-corrected chi connectivity index (χ4v) is 7.59. The number of rotatable bonds is 5. The molecule has 2 amide bonds. The van der Waals surface area contributed by atoms with Crippen molar-refractivity contribution in [2.45, 2.75) is 103 Å². The van der Waals surface area contributed by atoms with Gasteiger partial charge in [0.2, 0.25) is 0 Å². The van der Waals surface area contributed by atoms with Gasteiger partial charge in [0.1, 0.15) is 34.1 Å². The van der Waals surface area contributed by atoms with E-state index >= 15 is 0 Å². The highest BCUT2D eigenvalue weighted by Crippen LogP contribution is 2.44. The molecule has 2 fully saturated rings. The Morgan fingerprint density at radius 2 is 1.53 bits per heavy atom. The van der Waals surface area contributed by atoms with Crippen molar-refractivity contribution in [3.05, 3.63) is 78.0 Å². The van der Waals surface area contributed by atoms with E-state index in [0.717, 1.165) is 99.7 Å². The van der Waals surface area contributed by atoms with E-state index in [0.29, 0.717) is 19.6 Å². The first-order chi connectivity index (χ1) is 25.2. The summed E-state index contributed by atoms with van der Waals surface area (Å²) in [7, 11) is 0. The number of nitrogens with zero attached hydrogens (tertiary/aromatic N) is 3. The summed E-state index contributed by atoms with van der Waals surface area (Å²) in [4.78, 5) is 44.4. The van der Waals surface area contributed by atoms with Crippen molar-refractivity contribution in [2.75, 3.05) is 13.2 Å². The summed E-state index contributed by atoms with van der Waals surface area (Å²) < 4.78 is 17.5. The third-order valence-electron chi connectivity index (χ3n) is 10.3. The van der Waals surface area contributed by atoms with Gasteiger partial charge in [0.15, 0.2) is 0 Å². The first-order valence-corrected chi connectivity index (χ1v) is 18.7. The third-order valence-corrected chi connectivity index (χ3v) is 10.3. The number of hydrogen-bond acceptors (Lipinski definition) is 7. The quantitative estimate of drug-likeness (QED) is 0.165. The molecule has 53 heavy (non-hydrogen) atoms. The molecule has 3 aliphatic rings. The van der Waals surface area contributed by atoms with Crippen LogP contribution in [0.2, 0.25) is 0 Å². The zero-order valence-electron chi connectivity index (χ0n) is 31.4. The van der Waals surface area contributed by atoms with Crippen LogP contribution in [0, 0.1) is 0 Å². The average Bonchev–Trinajstić information content (AvgIpc) is 3.81. The van der Waals surface area contributed by atoms with Crippen molar-refractivity contribution in [3.63, 3.8) is 0 Å². The number of H-pyrrole nitrogens is 2. The minimum Gasteiger partial charge on any atom is -0.492 e. The molecule has 0 bridgehead atoms. The van der Waals surface area contributed by atoms with Crippen molar-refractivity contribution in [2.24, 2.45) is 0 Å². The molecule has 4 heterocycles. The largest absolute Gasteiger partial charge is 0.492 e.